The monoisotopic (exact) mass is 305 g/mol. The molecule has 0 radical (unpaired) electrons. The van der Waals surface area contributed by atoms with E-state index in [9.17, 15) is 19.2 Å². The van der Waals surface area contributed by atoms with Crippen LogP contribution in [0.5, 0.6) is 0 Å². The fourth-order valence-electron chi connectivity index (χ4n) is 2.70. The van der Waals surface area contributed by atoms with E-state index in [2.05, 4.69) is 4.74 Å². The van der Waals surface area contributed by atoms with Crippen molar-refractivity contribution in [3.63, 3.8) is 0 Å². The molecule has 1 amide bonds. The third-order valence-corrected chi connectivity index (χ3v) is 3.72. The van der Waals surface area contributed by atoms with Crippen molar-refractivity contribution in [1.29, 1.82) is 0 Å². The summed E-state index contributed by atoms with van der Waals surface area (Å²) in [4.78, 5) is 49.7. The second kappa shape index (κ2) is 5.59. The topological polar surface area (TPSA) is 101 Å². The highest BCUT2D eigenvalue weighted by Crippen LogP contribution is 2.34. The highest BCUT2D eigenvalue weighted by Gasteiger charge is 2.53. The minimum Gasteiger partial charge on any atom is -0.481 e. The van der Waals surface area contributed by atoms with Crippen molar-refractivity contribution < 1.29 is 29.0 Å². The Morgan fingerprint density at radius 1 is 1.27 bits per heavy atom. The molecule has 0 aliphatic carbocycles. The minimum absolute atomic E-state index is 0.0310. The Hall–Kier alpha value is -2.70. The number of hydrogen-bond acceptors (Lipinski definition) is 5. The van der Waals surface area contributed by atoms with Crippen molar-refractivity contribution in [3.8, 4) is 0 Å². The van der Waals surface area contributed by atoms with Crippen LogP contribution in [-0.4, -0.2) is 54.3 Å². The van der Waals surface area contributed by atoms with E-state index in [0.717, 1.165) is 7.11 Å². The Morgan fingerprint density at radius 2 is 1.86 bits per heavy atom. The quantitative estimate of drug-likeness (QED) is 0.648. The van der Waals surface area contributed by atoms with Crippen LogP contribution in [0.3, 0.4) is 0 Å². The summed E-state index contributed by atoms with van der Waals surface area (Å²) in [6.07, 6.45) is -0.746. The maximum absolute atomic E-state index is 12.8. The number of carboxylic acids is 1. The Balaban J connectivity index is 2.70. The molecule has 0 saturated heterocycles. The first-order valence-electron chi connectivity index (χ1n) is 6.53. The number of methoxy groups -OCH3 is 1. The van der Waals surface area contributed by atoms with E-state index in [1.807, 2.05) is 0 Å². The van der Waals surface area contributed by atoms with Gasteiger partial charge >= 0.3 is 11.9 Å². The summed E-state index contributed by atoms with van der Waals surface area (Å²) in [5.41, 5.74) is -1.77. The number of benzene rings is 1. The molecule has 1 aromatic rings. The molecule has 0 saturated carbocycles. The number of aliphatic carboxylic acids is 1. The van der Waals surface area contributed by atoms with Gasteiger partial charge in [0.25, 0.3) is 5.91 Å². The van der Waals surface area contributed by atoms with Crippen LogP contribution in [0.25, 0.3) is 0 Å². The summed E-state index contributed by atoms with van der Waals surface area (Å²) >= 11 is 0. The van der Waals surface area contributed by atoms with Gasteiger partial charge in [-0.2, -0.15) is 0 Å². The molecule has 0 aromatic heterocycles. The Kier molecular flexibility index (Phi) is 3.99. The van der Waals surface area contributed by atoms with Crippen molar-refractivity contribution in [1.82, 2.24) is 4.90 Å². The van der Waals surface area contributed by atoms with Crippen molar-refractivity contribution in [2.75, 3.05) is 20.7 Å². The predicted molar refractivity (Wildman–Crippen MR) is 74.4 cm³/mol. The molecule has 7 heteroatoms. The van der Waals surface area contributed by atoms with E-state index < -0.39 is 35.5 Å². The fraction of sp³-hybridized carbons (Fsp3) is 0.333. The van der Waals surface area contributed by atoms with Gasteiger partial charge in [0.2, 0.25) is 0 Å². The first-order valence-corrected chi connectivity index (χ1v) is 6.53. The molecular formula is C15H15NO6. The van der Waals surface area contributed by atoms with Gasteiger partial charge in [0, 0.05) is 19.2 Å². The van der Waals surface area contributed by atoms with Gasteiger partial charge in [-0.05, 0) is 6.07 Å². The second-order valence-corrected chi connectivity index (χ2v) is 5.18. The van der Waals surface area contributed by atoms with E-state index in [4.69, 9.17) is 5.11 Å². The van der Waals surface area contributed by atoms with Crippen LogP contribution in [0.15, 0.2) is 24.3 Å². The van der Waals surface area contributed by atoms with Gasteiger partial charge < -0.3 is 14.7 Å². The summed E-state index contributed by atoms with van der Waals surface area (Å²) in [5.74, 6) is -3.44. The Labute approximate surface area is 126 Å². The van der Waals surface area contributed by atoms with Gasteiger partial charge in [-0.1, -0.05) is 18.2 Å². The Bertz CT molecular complexity index is 668. The zero-order valence-corrected chi connectivity index (χ0v) is 12.2. The van der Waals surface area contributed by atoms with E-state index >= 15 is 0 Å². The van der Waals surface area contributed by atoms with Gasteiger partial charge in [0.15, 0.2) is 11.2 Å². The number of ether oxygens (including phenoxy) is 1. The molecule has 116 valence electrons. The standard InChI is InChI=1S/C15H15NO6/c1-16-8-15(7-11(17)18,14(21)22-2)12(19)9-5-3-4-6-10(9)13(16)20/h3-6H,7-8H2,1-2H3,(H,17,18). The first kappa shape index (κ1) is 15.7. The first-order chi connectivity index (χ1) is 10.3. The van der Waals surface area contributed by atoms with Crippen molar-refractivity contribution >= 4 is 23.6 Å². The molecule has 1 N–H and O–H groups in total. The molecule has 0 spiro atoms. The average Bonchev–Trinajstić information content (AvgIpc) is 2.57. The molecule has 1 aromatic carbocycles. The molecule has 22 heavy (non-hydrogen) atoms. The van der Waals surface area contributed by atoms with Gasteiger partial charge in [-0.25, -0.2) is 0 Å². The number of ketones is 1. The van der Waals surface area contributed by atoms with Crippen LogP contribution in [-0.2, 0) is 14.3 Å². The Morgan fingerprint density at radius 3 is 2.41 bits per heavy atom. The zero-order valence-electron chi connectivity index (χ0n) is 12.2. The van der Waals surface area contributed by atoms with Crippen LogP contribution in [0.1, 0.15) is 27.1 Å². The maximum Gasteiger partial charge on any atom is 0.322 e. The van der Waals surface area contributed by atoms with Crippen LogP contribution in [0.2, 0.25) is 0 Å². The molecule has 1 heterocycles. The number of Topliss-reactive ketones (excluding diaryl/α,β-unsaturated/α-hetero) is 1. The normalized spacial score (nSPS) is 21.1. The highest BCUT2D eigenvalue weighted by atomic mass is 16.5. The van der Waals surface area contributed by atoms with Gasteiger partial charge in [-0.15, -0.1) is 0 Å². The summed E-state index contributed by atoms with van der Waals surface area (Å²) in [6.45, 7) is -0.349. The number of esters is 1. The van der Waals surface area contributed by atoms with E-state index in [-0.39, 0.29) is 17.7 Å². The number of carboxylic acid groups (broad SMARTS) is 1. The third kappa shape index (κ3) is 2.34. The lowest BCUT2D eigenvalue weighted by Crippen LogP contribution is -2.49. The zero-order chi connectivity index (χ0) is 16.5. The SMILES string of the molecule is COC(=O)C1(CC(=O)O)CN(C)C(=O)c2ccccc2C1=O. The second-order valence-electron chi connectivity index (χ2n) is 5.18. The van der Waals surface area contributed by atoms with Crippen LogP contribution in [0, 0.1) is 5.41 Å². The number of fused-ring (bicyclic) bond motifs is 1. The lowest BCUT2D eigenvalue weighted by atomic mass is 9.77. The highest BCUT2D eigenvalue weighted by molar-refractivity contribution is 6.19. The molecular weight excluding hydrogens is 290 g/mol. The van der Waals surface area contributed by atoms with Gasteiger partial charge in [0.05, 0.1) is 19.1 Å². The number of nitrogens with zero attached hydrogens (tertiary/aromatic N) is 1. The fourth-order valence-corrected chi connectivity index (χ4v) is 2.70. The lowest BCUT2D eigenvalue weighted by Gasteiger charge is -2.29. The number of rotatable bonds is 3. The van der Waals surface area contributed by atoms with E-state index in [0.29, 0.717) is 0 Å². The molecule has 1 atom stereocenters. The average molecular weight is 305 g/mol. The minimum atomic E-state index is -1.95. The van der Waals surface area contributed by atoms with Crippen molar-refractivity contribution in [2.45, 2.75) is 6.42 Å². The summed E-state index contributed by atoms with van der Waals surface area (Å²) in [7, 11) is 2.50. The lowest BCUT2D eigenvalue weighted by molar-refractivity contribution is -0.155. The number of hydrogen-bond donors (Lipinski definition) is 1. The van der Waals surface area contributed by atoms with Crippen LogP contribution >= 0.6 is 0 Å². The van der Waals surface area contributed by atoms with Crippen LogP contribution in [0.4, 0.5) is 0 Å². The van der Waals surface area contributed by atoms with E-state index in [1.165, 1.54) is 24.1 Å². The largest absolute Gasteiger partial charge is 0.481 e. The molecule has 7 nitrogen and oxygen atoms in total. The summed E-state index contributed by atoms with van der Waals surface area (Å²) < 4.78 is 4.66. The number of carbonyl (C=O) groups is 4. The summed E-state index contributed by atoms with van der Waals surface area (Å²) in [5, 5.41) is 9.12. The molecule has 2 rings (SSSR count). The molecule has 1 aliphatic rings. The number of carbonyl (C=O) groups excluding carboxylic acids is 3. The number of amides is 1. The molecule has 0 fully saturated rings. The summed E-state index contributed by atoms with van der Waals surface area (Å²) in [6, 6.07) is 6.03. The van der Waals surface area contributed by atoms with Crippen molar-refractivity contribution in [3.05, 3.63) is 35.4 Å². The molecule has 1 aliphatic heterocycles. The van der Waals surface area contributed by atoms with Gasteiger partial charge in [0.1, 0.15) is 0 Å². The maximum atomic E-state index is 12.8. The van der Waals surface area contributed by atoms with Crippen molar-refractivity contribution in [2.24, 2.45) is 5.41 Å². The van der Waals surface area contributed by atoms with Crippen LogP contribution < -0.4 is 0 Å². The third-order valence-electron chi connectivity index (χ3n) is 3.72. The van der Waals surface area contributed by atoms with E-state index in [1.54, 1.807) is 12.1 Å². The van der Waals surface area contributed by atoms with Gasteiger partial charge in [-0.3, -0.25) is 19.2 Å². The molecule has 0 bridgehead atoms. The predicted octanol–water partition coefficient (Wildman–Crippen LogP) is 0.589. The molecule has 1 unspecified atom stereocenters. The smallest absolute Gasteiger partial charge is 0.322 e.